The van der Waals surface area contributed by atoms with E-state index < -0.39 is 0 Å². The van der Waals surface area contributed by atoms with Crippen molar-refractivity contribution in [2.24, 2.45) is 0 Å². The number of pyridine rings is 1. The molecule has 0 unspecified atom stereocenters. The Morgan fingerprint density at radius 1 is 1.26 bits per heavy atom. The van der Waals surface area contributed by atoms with Crippen LogP contribution in [0.1, 0.15) is 18.4 Å². The highest BCUT2D eigenvalue weighted by molar-refractivity contribution is 5.85. The zero-order chi connectivity index (χ0) is 15.4. The molecule has 0 spiro atoms. The third-order valence-corrected chi connectivity index (χ3v) is 3.91. The minimum atomic E-state index is 0. The zero-order valence-corrected chi connectivity index (χ0v) is 14.1. The van der Waals surface area contributed by atoms with Crippen molar-refractivity contribution < 1.29 is 4.79 Å². The van der Waals surface area contributed by atoms with Crippen LogP contribution in [0.3, 0.4) is 0 Å². The molecule has 0 bridgehead atoms. The van der Waals surface area contributed by atoms with E-state index >= 15 is 0 Å². The quantitative estimate of drug-likeness (QED) is 0.885. The molecule has 1 heterocycles. The Labute approximate surface area is 143 Å². The van der Waals surface area contributed by atoms with Crippen molar-refractivity contribution in [3.05, 3.63) is 54.4 Å². The van der Waals surface area contributed by atoms with E-state index in [1.165, 1.54) is 0 Å². The highest BCUT2D eigenvalue weighted by Gasteiger charge is 2.32. The fourth-order valence-electron chi connectivity index (χ4n) is 2.64. The van der Waals surface area contributed by atoms with Crippen molar-refractivity contribution in [3.8, 4) is 11.1 Å². The predicted molar refractivity (Wildman–Crippen MR) is 94.4 cm³/mol. The number of likely N-dealkylation sites (N-methyl/N-ethyl adjacent to an activating group) is 1. The van der Waals surface area contributed by atoms with Crippen LogP contribution in [0, 0.1) is 0 Å². The Balaban J connectivity index is 0.00000192. The number of amides is 1. The lowest BCUT2D eigenvalue weighted by atomic mass is 10.0. The number of aromatic nitrogens is 1. The lowest BCUT2D eigenvalue weighted by molar-refractivity contribution is -0.131. The van der Waals surface area contributed by atoms with Crippen LogP contribution in [0.5, 0.6) is 0 Å². The van der Waals surface area contributed by atoms with Crippen LogP contribution in [-0.4, -0.2) is 35.4 Å². The smallest absolute Gasteiger partial charge is 0.237 e. The third-order valence-electron chi connectivity index (χ3n) is 3.91. The van der Waals surface area contributed by atoms with Gasteiger partial charge in [0.1, 0.15) is 0 Å². The molecule has 1 N–H and O–H groups in total. The molecule has 1 aliphatic carbocycles. The van der Waals surface area contributed by atoms with E-state index in [1.807, 2.05) is 30.3 Å². The number of hydrogen-bond donors (Lipinski definition) is 1. The number of halogens is 1. The molecule has 0 aliphatic heterocycles. The molecule has 1 amide bonds. The molecule has 1 fully saturated rings. The van der Waals surface area contributed by atoms with E-state index in [0.717, 1.165) is 29.5 Å². The second-order valence-electron chi connectivity index (χ2n) is 5.73. The standard InChI is InChI=1S/C18H21N3O.ClH/c1-19-12-18(22)21(17-7-8-17)13-14-4-2-5-15(10-14)16-6-3-9-20-11-16;/h2-6,9-11,17,19H,7-8,12-13H2,1H3;1H. The second-order valence-corrected chi connectivity index (χ2v) is 5.73. The minimum absolute atomic E-state index is 0. The number of nitrogens with zero attached hydrogens (tertiary/aromatic N) is 2. The van der Waals surface area contributed by atoms with Crippen LogP contribution in [0.15, 0.2) is 48.8 Å². The van der Waals surface area contributed by atoms with Gasteiger partial charge in [0, 0.05) is 25.0 Å². The number of carbonyl (C=O) groups is 1. The van der Waals surface area contributed by atoms with Crippen molar-refractivity contribution >= 4 is 18.3 Å². The third kappa shape index (κ3) is 4.53. The average molecular weight is 332 g/mol. The SMILES string of the molecule is CNCC(=O)N(Cc1cccc(-c2cccnc2)c1)C1CC1.Cl. The number of carbonyl (C=O) groups excluding carboxylic acids is 1. The monoisotopic (exact) mass is 331 g/mol. The van der Waals surface area contributed by atoms with E-state index in [-0.39, 0.29) is 18.3 Å². The van der Waals surface area contributed by atoms with Gasteiger partial charge in [-0.05, 0) is 48.7 Å². The van der Waals surface area contributed by atoms with Gasteiger partial charge in [-0.2, -0.15) is 0 Å². The molecular formula is C18H22ClN3O. The first-order chi connectivity index (χ1) is 10.8. The van der Waals surface area contributed by atoms with Gasteiger partial charge in [0.25, 0.3) is 0 Å². The molecule has 1 aromatic carbocycles. The molecule has 0 radical (unpaired) electrons. The second kappa shape index (κ2) is 8.09. The molecule has 0 saturated heterocycles. The van der Waals surface area contributed by atoms with Gasteiger partial charge in [-0.15, -0.1) is 12.4 Å². The maximum absolute atomic E-state index is 12.2. The van der Waals surface area contributed by atoms with E-state index in [2.05, 4.69) is 34.6 Å². The molecule has 1 saturated carbocycles. The normalized spacial score (nSPS) is 13.3. The Bertz CT molecular complexity index is 644. The summed E-state index contributed by atoms with van der Waals surface area (Å²) in [5.74, 6) is 0.178. The molecule has 3 rings (SSSR count). The van der Waals surface area contributed by atoms with Gasteiger partial charge in [0.15, 0.2) is 0 Å². The number of nitrogens with one attached hydrogen (secondary N) is 1. The van der Waals surface area contributed by atoms with E-state index in [0.29, 0.717) is 19.1 Å². The van der Waals surface area contributed by atoms with Gasteiger partial charge < -0.3 is 10.2 Å². The van der Waals surface area contributed by atoms with E-state index in [9.17, 15) is 4.79 Å². The molecule has 23 heavy (non-hydrogen) atoms. The topological polar surface area (TPSA) is 45.2 Å². The van der Waals surface area contributed by atoms with Crippen molar-refractivity contribution in [1.82, 2.24) is 15.2 Å². The fraction of sp³-hybridized carbons (Fsp3) is 0.333. The first-order valence-corrected chi connectivity index (χ1v) is 7.71. The molecule has 1 aliphatic rings. The first kappa shape index (κ1) is 17.4. The molecule has 4 nitrogen and oxygen atoms in total. The maximum atomic E-state index is 12.2. The van der Waals surface area contributed by atoms with Gasteiger partial charge in [0.2, 0.25) is 5.91 Å². The Morgan fingerprint density at radius 3 is 2.70 bits per heavy atom. The maximum Gasteiger partial charge on any atom is 0.237 e. The van der Waals surface area contributed by atoms with Crippen LogP contribution in [0.2, 0.25) is 0 Å². The summed E-state index contributed by atoms with van der Waals surface area (Å²) < 4.78 is 0. The van der Waals surface area contributed by atoms with E-state index in [1.54, 1.807) is 6.20 Å². The Morgan fingerprint density at radius 2 is 2.04 bits per heavy atom. The largest absolute Gasteiger partial charge is 0.334 e. The van der Waals surface area contributed by atoms with Gasteiger partial charge in [0.05, 0.1) is 6.54 Å². The van der Waals surface area contributed by atoms with Gasteiger partial charge in [-0.1, -0.05) is 24.3 Å². The first-order valence-electron chi connectivity index (χ1n) is 7.71. The predicted octanol–water partition coefficient (Wildman–Crippen LogP) is 2.88. The molecule has 5 heteroatoms. The number of hydrogen-bond acceptors (Lipinski definition) is 3. The molecule has 1 aromatic heterocycles. The van der Waals surface area contributed by atoms with Crippen LogP contribution in [-0.2, 0) is 11.3 Å². The molecule has 0 atom stereocenters. The van der Waals surface area contributed by atoms with Crippen LogP contribution < -0.4 is 5.32 Å². The summed E-state index contributed by atoms with van der Waals surface area (Å²) >= 11 is 0. The zero-order valence-electron chi connectivity index (χ0n) is 13.2. The summed E-state index contributed by atoms with van der Waals surface area (Å²) in [6.45, 7) is 1.08. The highest BCUT2D eigenvalue weighted by Crippen LogP contribution is 2.29. The minimum Gasteiger partial charge on any atom is -0.334 e. The van der Waals surface area contributed by atoms with Crippen molar-refractivity contribution in [3.63, 3.8) is 0 Å². The lowest BCUT2D eigenvalue weighted by Crippen LogP contribution is -2.38. The summed E-state index contributed by atoms with van der Waals surface area (Å²) in [5.41, 5.74) is 3.41. The van der Waals surface area contributed by atoms with E-state index in [4.69, 9.17) is 0 Å². The average Bonchev–Trinajstić information content (AvgIpc) is 3.39. The molecule has 122 valence electrons. The van der Waals surface area contributed by atoms with Crippen molar-refractivity contribution in [2.45, 2.75) is 25.4 Å². The lowest BCUT2D eigenvalue weighted by Gasteiger charge is -2.22. The van der Waals surface area contributed by atoms with Gasteiger partial charge >= 0.3 is 0 Å². The number of benzene rings is 1. The van der Waals surface area contributed by atoms with Crippen molar-refractivity contribution in [1.29, 1.82) is 0 Å². The Kier molecular flexibility index (Phi) is 6.13. The summed E-state index contributed by atoms with van der Waals surface area (Å²) in [7, 11) is 1.81. The molecule has 2 aromatic rings. The van der Waals surface area contributed by atoms with Crippen LogP contribution in [0.4, 0.5) is 0 Å². The summed E-state index contributed by atoms with van der Waals surface area (Å²) in [4.78, 5) is 18.4. The molecular weight excluding hydrogens is 310 g/mol. The summed E-state index contributed by atoms with van der Waals surface area (Å²) in [5, 5.41) is 2.95. The van der Waals surface area contributed by atoms with Crippen LogP contribution in [0.25, 0.3) is 11.1 Å². The van der Waals surface area contributed by atoms with Crippen molar-refractivity contribution in [2.75, 3.05) is 13.6 Å². The highest BCUT2D eigenvalue weighted by atomic mass is 35.5. The fourth-order valence-corrected chi connectivity index (χ4v) is 2.64. The van der Waals surface area contributed by atoms with Gasteiger partial charge in [-0.25, -0.2) is 0 Å². The Hall–Kier alpha value is -1.91. The number of rotatable bonds is 6. The van der Waals surface area contributed by atoms with Gasteiger partial charge in [-0.3, -0.25) is 9.78 Å². The van der Waals surface area contributed by atoms with Crippen LogP contribution >= 0.6 is 12.4 Å². The summed E-state index contributed by atoms with van der Waals surface area (Å²) in [6, 6.07) is 12.8. The summed E-state index contributed by atoms with van der Waals surface area (Å²) in [6.07, 6.45) is 5.89.